The summed E-state index contributed by atoms with van der Waals surface area (Å²) in [7, 11) is 0. The molecule has 0 bridgehead atoms. The lowest BCUT2D eigenvalue weighted by Gasteiger charge is -2.48. The summed E-state index contributed by atoms with van der Waals surface area (Å²) in [5.74, 6) is -0.736. The number of aliphatic hydroxyl groups excluding tert-OH is 2. The van der Waals surface area contributed by atoms with Crippen LogP contribution in [-0.4, -0.2) is 66.2 Å². The Labute approximate surface area is 360 Å². The molecular formula is C48H91N5O6. The van der Waals surface area contributed by atoms with Crippen LogP contribution < -0.4 is 27.4 Å². The van der Waals surface area contributed by atoms with Crippen LogP contribution >= 0.6 is 0 Å². The van der Waals surface area contributed by atoms with Crippen LogP contribution in [0.5, 0.6) is 0 Å². The van der Waals surface area contributed by atoms with Gasteiger partial charge in [-0.15, -0.1) is 0 Å². The van der Waals surface area contributed by atoms with E-state index in [1.54, 1.807) is 6.92 Å². The van der Waals surface area contributed by atoms with Crippen LogP contribution in [-0.2, 0) is 19.1 Å². The quantitative estimate of drug-likeness (QED) is 0.0143. The van der Waals surface area contributed by atoms with Gasteiger partial charge in [0, 0.05) is 41.9 Å². The zero-order valence-corrected chi connectivity index (χ0v) is 38.7. The molecule has 0 aromatic rings. The molecule has 6 atom stereocenters. The maximum Gasteiger partial charge on any atom is 0.333 e. The molecule has 11 nitrogen and oxygen atoms in total. The number of esters is 1. The van der Waals surface area contributed by atoms with Crippen molar-refractivity contribution in [2.24, 2.45) is 22.3 Å². The molecule has 0 aromatic carbocycles. The first kappa shape index (κ1) is 53.1. The number of aliphatic hydroxyl groups is 2. The van der Waals surface area contributed by atoms with Crippen molar-refractivity contribution in [1.29, 1.82) is 0 Å². The summed E-state index contributed by atoms with van der Waals surface area (Å²) in [5.41, 5.74) is 12.4. The number of unbranched alkanes of at least 4 members (excludes halogenated alkanes) is 16. The van der Waals surface area contributed by atoms with Crippen LogP contribution in [0.15, 0.2) is 22.9 Å². The smallest absolute Gasteiger partial charge is 0.333 e. The van der Waals surface area contributed by atoms with Crippen molar-refractivity contribution < 1.29 is 29.3 Å². The minimum absolute atomic E-state index is 0.00426. The summed E-state index contributed by atoms with van der Waals surface area (Å²) in [4.78, 5) is 25.0. The molecule has 0 spiro atoms. The van der Waals surface area contributed by atoms with Gasteiger partial charge in [0.05, 0.1) is 6.61 Å². The third kappa shape index (κ3) is 24.3. The Morgan fingerprint density at radius 2 is 1.32 bits per heavy atom. The highest BCUT2D eigenvalue weighted by atomic mass is 16.6. The number of nitrogens with two attached hydrogens (primary N) is 2. The van der Waals surface area contributed by atoms with Gasteiger partial charge in [-0.1, -0.05) is 143 Å². The molecule has 6 unspecified atom stereocenters. The highest BCUT2D eigenvalue weighted by molar-refractivity contribution is 5.92. The Balaban J connectivity index is 1.82. The van der Waals surface area contributed by atoms with Crippen LogP contribution in [0.1, 0.15) is 215 Å². The second-order valence-corrected chi connectivity index (χ2v) is 19.3. The molecule has 0 radical (unpaired) electrons. The molecule has 9 N–H and O–H groups in total. The average Bonchev–Trinajstić information content (AvgIpc) is 3.16. The van der Waals surface area contributed by atoms with E-state index in [0.29, 0.717) is 30.7 Å². The summed E-state index contributed by atoms with van der Waals surface area (Å²) in [6.07, 6.45) is 30.0. The SMILES string of the molecule is CCCCCCCCCCCCC(CCCCCCCCCC)OC(=O)C1=CCC(NC(O)NC2CC(C)(C)CC(C)(CNC(O)OCC/C(C(N)=O)=C(\C)N)C2)CC1. The average molecular weight is 834 g/mol. The van der Waals surface area contributed by atoms with E-state index < -0.39 is 18.7 Å². The molecule has 2 rings (SSSR count). The van der Waals surface area contributed by atoms with Crippen LogP contribution in [0.3, 0.4) is 0 Å². The van der Waals surface area contributed by atoms with Crippen LogP contribution in [0.25, 0.3) is 0 Å². The molecule has 59 heavy (non-hydrogen) atoms. The summed E-state index contributed by atoms with van der Waals surface area (Å²) < 4.78 is 11.7. The van der Waals surface area contributed by atoms with Crippen molar-refractivity contribution in [3.8, 4) is 0 Å². The van der Waals surface area contributed by atoms with Crippen LogP contribution in [0.4, 0.5) is 0 Å². The largest absolute Gasteiger partial charge is 0.459 e. The van der Waals surface area contributed by atoms with E-state index in [1.165, 1.54) is 103 Å². The molecule has 344 valence electrons. The number of ether oxygens (including phenoxy) is 2. The molecule has 0 aliphatic heterocycles. The lowest BCUT2D eigenvalue weighted by atomic mass is 9.62. The minimum Gasteiger partial charge on any atom is -0.459 e. The zero-order chi connectivity index (χ0) is 43.5. The maximum absolute atomic E-state index is 13.4. The minimum atomic E-state index is -1.20. The second-order valence-electron chi connectivity index (χ2n) is 19.3. The van der Waals surface area contributed by atoms with Gasteiger partial charge in [-0.05, 0) is 82.0 Å². The second kappa shape index (κ2) is 30.1. The third-order valence-corrected chi connectivity index (χ3v) is 12.5. The van der Waals surface area contributed by atoms with Crippen molar-refractivity contribution in [3.63, 3.8) is 0 Å². The molecular weight excluding hydrogens is 743 g/mol. The van der Waals surface area contributed by atoms with E-state index in [9.17, 15) is 19.8 Å². The Kier molecular flexibility index (Phi) is 27.1. The fourth-order valence-corrected chi connectivity index (χ4v) is 9.59. The van der Waals surface area contributed by atoms with Gasteiger partial charge in [0.15, 0.2) is 6.35 Å². The first-order valence-electron chi connectivity index (χ1n) is 24.0. The maximum atomic E-state index is 13.4. The first-order chi connectivity index (χ1) is 28.2. The van der Waals surface area contributed by atoms with E-state index in [2.05, 4.69) is 50.6 Å². The van der Waals surface area contributed by atoms with Gasteiger partial charge < -0.3 is 31.2 Å². The highest BCUT2D eigenvalue weighted by Gasteiger charge is 2.42. The van der Waals surface area contributed by atoms with Crippen molar-refractivity contribution >= 4 is 11.9 Å². The molecule has 0 saturated heterocycles. The van der Waals surface area contributed by atoms with Crippen molar-refractivity contribution in [3.05, 3.63) is 22.9 Å². The lowest BCUT2D eigenvalue weighted by molar-refractivity contribution is -0.145. The molecule has 0 aromatic heterocycles. The van der Waals surface area contributed by atoms with E-state index in [-0.39, 0.29) is 48.0 Å². The molecule has 1 fully saturated rings. The summed E-state index contributed by atoms with van der Waals surface area (Å²) in [6.45, 7) is 13.4. The topological polar surface area (TPSA) is 181 Å². The van der Waals surface area contributed by atoms with Gasteiger partial charge in [-0.3, -0.25) is 20.7 Å². The Morgan fingerprint density at radius 1 is 0.797 bits per heavy atom. The van der Waals surface area contributed by atoms with Gasteiger partial charge >= 0.3 is 5.97 Å². The summed E-state index contributed by atoms with van der Waals surface area (Å²) in [6, 6.07) is 0.110. The predicted octanol–water partition coefficient (Wildman–Crippen LogP) is 9.25. The Bertz CT molecular complexity index is 1220. The number of allylic oxidation sites excluding steroid dienone is 1. The third-order valence-electron chi connectivity index (χ3n) is 12.5. The number of primary amides is 1. The summed E-state index contributed by atoms with van der Waals surface area (Å²) >= 11 is 0. The lowest BCUT2D eigenvalue weighted by Crippen LogP contribution is -2.56. The molecule has 0 heterocycles. The molecule has 2 aliphatic carbocycles. The van der Waals surface area contributed by atoms with E-state index in [4.69, 9.17) is 20.9 Å². The number of carbonyl (C=O) groups excluding carboxylic acids is 2. The van der Waals surface area contributed by atoms with Crippen molar-refractivity contribution in [2.45, 2.75) is 246 Å². The fraction of sp³-hybridized carbons (Fsp3) is 0.875. The first-order valence-corrected chi connectivity index (χ1v) is 24.0. The monoisotopic (exact) mass is 834 g/mol. The molecule has 11 heteroatoms. The summed E-state index contributed by atoms with van der Waals surface area (Å²) in [5, 5.41) is 31.5. The van der Waals surface area contributed by atoms with Gasteiger partial charge in [0.2, 0.25) is 12.3 Å². The van der Waals surface area contributed by atoms with Crippen molar-refractivity contribution in [2.75, 3.05) is 13.2 Å². The standard InChI is InChI=1S/C48H91N5O6/c1-7-9-11-13-15-17-18-20-22-24-26-41(25-23-21-19-16-14-12-10-8-2)59-44(55)38-27-29-39(30-28-38)52-45(56)53-40-33-47(4,5)35-48(6,34-40)36-51-46(57)58-32-31-42(37(3)49)43(50)54/h27,39-41,45-46,51-53,56-57H,7-26,28-36,49H2,1-6H3,(H2,50,54)/b42-37-. The zero-order valence-electron chi connectivity index (χ0n) is 38.7. The Hall–Kier alpha value is -2.02. The molecule has 1 amide bonds. The number of carbonyl (C=O) groups is 2. The number of hydrogen-bond acceptors (Lipinski definition) is 10. The molecule has 1 saturated carbocycles. The fourth-order valence-electron chi connectivity index (χ4n) is 9.59. The van der Waals surface area contributed by atoms with Gasteiger partial charge in [-0.2, -0.15) is 0 Å². The van der Waals surface area contributed by atoms with Gasteiger partial charge in [0.1, 0.15) is 6.10 Å². The number of hydrogen-bond donors (Lipinski definition) is 7. The van der Waals surface area contributed by atoms with E-state index in [0.717, 1.165) is 56.9 Å². The van der Waals surface area contributed by atoms with Crippen LogP contribution in [0, 0.1) is 10.8 Å². The van der Waals surface area contributed by atoms with Gasteiger partial charge in [0.25, 0.3) is 0 Å². The Morgan fingerprint density at radius 3 is 1.81 bits per heavy atom. The van der Waals surface area contributed by atoms with Gasteiger partial charge in [-0.25, -0.2) is 4.79 Å². The van der Waals surface area contributed by atoms with E-state index >= 15 is 0 Å². The van der Waals surface area contributed by atoms with Crippen LogP contribution in [0.2, 0.25) is 0 Å². The number of rotatable bonds is 34. The number of nitrogens with one attached hydrogen (secondary N) is 3. The highest BCUT2D eigenvalue weighted by Crippen LogP contribution is 2.46. The van der Waals surface area contributed by atoms with Crippen molar-refractivity contribution in [1.82, 2.24) is 16.0 Å². The predicted molar refractivity (Wildman–Crippen MR) is 242 cm³/mol. The normalized spacial score (nSPS) is 22.6. The van der Waals surface area contributed by atoms with E-state index in [1.807, 2.05) is 6.08 Å². The number of amides is 1. The molecule has 2 aliphatic rings.